The number of nitrogens with one attached hydrogen (secondary N) is 1. The van der Waals surface area contributed by atoms with Gasteiger partial charge < -0.3 is 14.8 Å². The molecule has 1 amide bonds. The van der Waals surface area contributed by atoms with E-state index in [1.807, 2.05) is 25.1 Å². The van der Waals surface area contributed by atoms with Gasteiger partial charge in [0.05, 0.1) is 18.9 Å². The van der Waals surface area contributed by atoms with E-state index in [9.17, 15) is 4.79 Å². The lowest BCUT2D eigenvalue weighted by Crippen LogP contribution is -2.64. The van der Waals surface area contributed by atoms with Crippen LogP contribution >= 0.6 is 0 Å². The standard InChI is InChI=1S/C11H11NO3/c1-7-2-3-9-8(4-7)12-10(13)11(15-9)5-14-6-11/h2-4H,5-6H2,1H3,(H,12,13). The zero-order chi connectivity index (χ0) is 10.5. The molecule has 0 unspecified atom stereocenters. The molecule has 1 saturated heterocycles. The van der Waals surface area contributed by atoms with Gasteiger partial charge in [0.1, 0.15) is 5.75 Å². The first kappa shape index (κ1) is 8.73. The Bertz CT molecular complexity index is 437. The van der Waals surface area contributed by atoms with Gasteiger partial charge in [-0.2, -0.15) is 0 Å². The summed E-state index contributed by atoms with van der Waals surface area (Å²) in [4.78, 5) is 11.8. The molecule has 1 N–H and O–H groups in total. The second kappa shape index (κ2) is 2.73. The molecule has 0 saturated carbocycles. The third-order valence-corrected chi connectivity index (χ3v) is 2.77. The summed E-state index contributed by atoms with van der Waals surface area (Å²) < 4.78 is 10.7. The van der Waals surface area contributed by atoms with Gasteiger partial charge in [0.25, 0.3) is 5.91 Å². The Morgan fingerprint density at radius 2 is 2.20 bits per heavy atom. The average molecular weight is 205 g/mol. The molecule has 1 aromatic rings. The summed E-state index contributed by atoms with van der Waals surface area (Å²) in [6, 6.07) is 5.74. The quantitative estimate of drug-likeness (QED) is 0.689. The van der Waals surface area contributed by atoms with Gasteiger partial charge in [0.15, 0.2) is 0 Å². The maximum Gasteiger partial charge on any atom is 0.273 e. The Morgan fingerprint density at radius 3 is 2.87 bits per heavy atom. The first-order chi connectivity index (χ1) is 7.20. The molecule has 0 atom stereocenters. The zero-order valence-electron chi connectivity index (χ0n) is 8.37. The van der Waals surface area contributed by atoms with Crippen molar-refractivity contribution in [1.29, 1.82) is 0 Å². The molecule has 0 aliphatic carbocycles. The molecule has 1 aromatic carbocycles. The molecule has 0 aromatic heterocycles. The van der Waals surface area contributed by atoms with E-state index >= 15 is 0 Å². The van der Waals surface area contributed by atoms with Crippen molar-refractivity contribution >= 4 is 11.6 Å². The van der Waals surface area contributed by atoms with E-state index in [-0.39, 0.29) is 5.91 Å². The number of fused-ring (bicyclic) bond motifs is 1. The van der Waals surface area contributed by atoms with Crippen molar-refractivity contribution < 1.29 is 14.3 Å². The van der Waals surface area contributed by atoms with Crippen LogP contribution in [-0.4, -0.2) is 24.7 Å². The minimum atomic E-state index is -0.776. The fourth-order valence-electron chi connectivity index (χ4n) is 1.80. The Kier molecular flexibility index (Phi) is 1.59. The van der Waals surface area contributed by atoms with Crippen molar-refractivity contribution in [3.8, 4) is 5.75 Å². The largest absolute Gasteiger partial charge is 0.470 e. The lowest BCUT2D eigenvalue weighted by molar-refractivity contribution is -0.178. The first-order valence-corrected chi connectivity index (χ1v) is 4.88. The maximum absolute atomic E-state index is 11.8. The van der Waals surface area contributed by atoms with E-state index in [1.165, 1.54) is 0 Å². The fraction of sp³-hybridized carbons (Fsp3) is 0.364. The van der Waals surface area contributed by atoms with E-state index in [0.717, 1.165) is 17.0 Å². The molecule has 2 aliphatic rings. The smallest absolute Gasteiger partial charge is 0.273 e. The molecule has 2 aliphatic heterocycles. The number of anilines is 1. The molecule has 4 nitrogen and oxygen atoms in total. The molecule has 2 heterocycles. The average Bonchev–Trinajstić information content (AvgIpc) is 2.14. The minimum absolute atomic E-state index is 0.105. The van der Waals surface area contributed by atoms with Gasteiger partial charge >= 0.3 is 0 Å². The fourth-order valence-corrected chi connectivity index (χ4v) is 1.80. The van der Waals surface area contributed by atoms with Crippen LogP contribution in [-0.2, 0) is 9.53 Å². The number of hydrogen-bond acceptors (Lipinski definition) is 3. The molecule has 15 heavy (non-hydrogen) atoms. The molecule has 1 fully saturated rings. The van der Waals surface area contributed by atoms with Crippen LogP contribution in [0.5, 0.6) is 5.75 Å². The minimum Gasteiger partial charge on any atom is -0.470 e. The Labute approximate surface area is 87.2 Å². The first-order valence-electron chi connectivity index (χ1n) is 4.88. The summed E-state index contributed by atoms with van der Waals surface area (Å²) in [5.41, 5.74) is 1.07. The van der Waals surface area contributed by atoms with Crippen LogP contribution in [0.1, 0.15) is 5.56 Å². The summed E-state index contributed by atoms with van der Waals surface area (Å²) in [7, 11) is 0. The van der Waals surface area contributed by atoms with E-state index in [2.05, 4.69) is 5.32 Å². The number of rotatable bonds is 0. The molecule has 78 valence electrons. The van der Waals surface area contributed by atoms with E-state index in [4.69, 9.17) is 9.47 Å². The lowest BCUT2D eigenvalue weighted by Gasteiger charge is -2.42. The van der Waals surface area contributed by atoms with Crippen LogP contribution < -0.4 is 10.1 Å². The van der Waals surface area contributed by atoms with Crippen molar-refractivity contribution in [2.24, 2.45) is 0 Å². The number of carbonyl (C=O) groups excluding carboxylic acids is 1. The molecule has 0 radical (unpaired) electrons. The van der Waals surface area contributed by atoms with Crippen molar-refractivity contribution in [1.82, 2.24) is 0 Å². The highest BCUT2D eigenvalue weighted by Crippen LogP contribution is 2.37. The lowest BCUT2D eigenvalue weighted by atomic mass is 9.98. The maximum atomic E-state index is 11.8. The van der Waals surface area contributed by atoms with E-state index < -0.39 is 5.60 Å². The van der Waals surface area contributed by atoms with Crippen LogP contribution in [0.3, 0.4) is 0 Å². The summed E-state index contributed by atoms with van der Waals surface area (Å²) in [6.45, 7) is 2.65. The number of aryl methyl sites for hydroxylation is 1. The SMILES string of the molecule is Cc1ccc2c(c1)NC(=O)C1(COC1)O2. The van der Waals surface area contributed by atoms with Gasteiger partial charge in [-0.05, 0) is 24.6 Å². The molecular formula is C11H11NO3. The Balaban J connectivity index is 2.02. The van der Waals surface area contributed by atoms with Gasteiger partial charge in [-0.25, -0.2) is 0 Å². The summed E-state index contributed by atoms with van der Waals surface area (Å²) in [5, 5.41) is 2.85. The molecule has 3 rings (SSSR count). The molecule has 0 bridgehead atoms. The summed E-state index contributed by atoms with van der Waals surface area (Å²) in [5.74, 6) is 0.621. The second-order valence-corrected chi connectivity index (χ2v) is 4.04. The Morgan fingerprint density at radius 1 is 1.40 bits per heavy atom. The highest BCUT2D eigenvalue weighted by Gasteiger charge is 2.51. The van der Waals surface area contributed by atoms with Gasteiger partial charge in [0, 0.05) is 0 Å². The van der Waals surface area contributed by atoms with Crippen LogP contribution in [0.2, 0.25) is 0 Å². The van der Waals surface area contributed by atoms with Crippen molar-refractivity contribution in [2.75, 3.05) is 18.5 Å². The summed E-state index contributed by atoms with van der Waals surface area (Å²) in [6.07, 6.45) is 0. The van der Waals surface area contributed by atoms with Crippen LogP contribution in [0.4, 0.5) is 5.69 Å². The predicted molar refractivity (Wildman–Crippen MR) is 54.0 cm³/mol. The third-order valence-electron chi connectivity index (χ3n) is 2.77. The van der Waals surface area contributed by atoms with Crippen molar-refractivity contribution in [3.05, 3.63) is 23.8 Å². The van der Waals surface area contributed by atoms with Crippen molar-refractivity contribution in [3.63, 3.8) is 0 Å². The van der Waals surface area contributed by atoms with Gasteiger partial charge in [0.2, 0.25) is 5.60 Å². The molecule has 1 spiro atoms. The highest BCUT2D eigenvalue weighted by atomic mass is 16.6. The zero-order valence-corrected chi connectivity index (χ0v) is 8.37. The number of ether oxygens (including phenoxy) is 2. The number of amides is 1. The molecule has 4 heteroatoms. The van der Waals surface area contributed by atoms with E-state index in [1.54, 1.807) is 0 Å². The second-order valence-electron chi connectivity index (χ2n) is 4.04. The number of carbonyl (C=O) groups is 1. The van der Waals surface area contributed by atoms with E-state index in [0.29, 0.717) is 13.2 Å². The topological polar surface area (TPSA) is 47.6 Å². The number of hydrogen-bond donors (Lipinski definition) is 1. The van der Waals surface area contributed by atoms with Gasteiger partial charge in [-0.15, -0.1) is 0 Å². The highest BCUT2D eigenvalue weighted by molar-refractivity contribution is 6.01. The van der Waals surface area contributed by atoms with Crippen LogP contribution in [0, 0.1) is 6.92 Å². The predicted octanol–water partition coefficient (Wildman–Crippen LogP) is 1.09. The van der Waals surface area contributed by atoms with Gasteiger partial charge in [-0.1, -0.05) is 6.07 Å². The number of benzene rings is 1. The third kappa shape index (κ3) is 1.15. The van der Waals surface area contributed by atoms with Crippen LogP contribution in [0.25, 0.3) is 0 Å². The molecular weight excluding hydrogens is 194 g/mol. The van der Waals surface area contributed by atoms with Gasteiger partial charge in [-0.3, -0.25) is 4.79 Å². The Hall–Kier alpha value is -1.55. The van der Waals surface area contributed by atoms with Crippen molar-refractivity contribution in [2.45, 2.75) is 12.5 Å². The summed E-state index contributed by atoms with van der Waals surface area (Å²) >= 11 is 0. The normalized spacial score (nSPS) is 21.3. The monoisotopic (exact) mass is 205 g/mol. The van der Waals surface area contributed by atoms with Crippen LogP contribution in [0.15, 0.2) is 18.2 Å².